The van der Waals surface area contributed by atoms with E-state index < -0.39 is 23.2 Å². The van der Waals surface area contributed by atoms with E-state index in [4.69, 9.17) is 4.74 Å². The van der Waals surface area contributed by atoms with Crippen LogP contribution in [-0.2, 0) is 10.4 Å². The van der Waals surface area contributed by atoms with Crippen molar-refractivity contribution >= 4 is 6.09 Å². The summed E-state index contributed by atoms with van der Waals surface area (Å²) in [5.41, 5.74) is -2.44. The highest BCUT2D eigenvalue weighted by Gasteiger charge is 2.49. The maximum absolute atomic E-state index is 14.5. The number of benzene rings is 1. The molecule has 104 valence electrons. The number of carbonyl (C=O) groups is 1. The molecule has 0 saturated carbocycles. The topological polar surface area (TPSA) is 29.5 Å². The van der Waals surface area contributed by atoms with Gasteiger partial charge < -0.3 is 9.64 Å². The zero-order valence-corrected chi connectivity index (χ0v) is 11.2. The third-order valence-electron chi connectivity index (χ3n) is 2.89. The predicted octanol–water partition coefficient (Wildman–Crippen LogP) is 3.24. The Labute approximate surface area is 111 Å². The van der Waals surface area contributed by atoms with Gasteiger partial charge in [-0.25, -0.2) is 13.6 Å². The van der Waals surface area contributed by atoms with E-state index in [2.05, 4.69) is 0 Å². The van der Waals surface area contributed by atoms with E-state index >= 15 is 0 Å². The molecule has 19 heavy (non-hydrogen) atoms. The third kappa shape index (κ3) is 2.85. The molecule has 0 spiro atoms. The Balaban J connectivity index is 2.02. The summed E-state index contributed by atoms with van der Waals surface area (Å²) in [4.78, 5) is 12.9. The number of carbonyl (C=O) groups excluding carboxylic acids is 1. The average Bonchev–Trinajstić information content (AvgIpc) is 2.23. The van der Waals surface area contributed by atoms with Gasteiger partial charge in [0.2, 0.25) is 0 Å². The normalized spacial score (nSPS) is 17.8. The van der Waals surface area contributed by atoms with Crippen LogP contribution in [0.5, 0.6) is 0 Å². The van der Waals surface area contributed by atoms with Gasteiger partial charge in [-0.15, -0.1) is 0 Å². The van der Waals surface area contributed by atoms with Crippen molar-refractivity contribution in [3.8, 4) is 0 Å². The monoisotopic (exact) mass is 269 g/mol. The number of likely N-dealkylation sites (tertiary alicyclic amines) is 1. The maximum Gasteiger partial charge on any atom is 0.410 e. The summed E-state index contributed by atoms with van der Waals surface area (Å²) >= 11 is 0. The standard InChI is InChI=1S/C14H17F2NO2/c1-13(2,3)19-12(18)17-8-14(16,9-17)10-6-4-5-7-11(10)15/h4-7H,8-9H2,1-3H3. The second-order valence-corrected chi connectivity index (χ2v) is 5.78. The number of halogens is 2. The Hall–Kier alpha value is -1.65. The van der Waals surface area contributed by atoms with Crippen LogP contribution in [0.15, 0.2) is 24.3 Å². The summed E-state index contributed by atoms with van der Waals surface area (Å²) in [6.45, 7) is 4.87. The number of hydrogen-bond acceptors (Lipinski definition) is 2. The Morgan fingerprint density at radius 2 is 1.89 bits per heavy atom. The van der Waals surface area contributed by atoms with Crippen LogP contribution in [0.3, 0.4) is 0 Å². The van der Waals surface area contributed by atoms with Gasteiger partial charge in [-0.2, -0.15) is 0 Å². The highest BCUT2D eigenvalue weighted by molar-refractivity contribution is 5.70. The van der Waals surface area contributed by atoms with E-state index in [1.165, 1.54) is 23.1 Å². The molecule has 5 heteroatoms. The van der Waals surface area contributed by atoms with Crippen molar-refractivity contribution in [2.75, 3.05) is 13.1 Å². The van der Waals surface area contributed by atoms with Crippen molar-refractivity contribution in [1.29, 1.82) is 0 Å². The Morgan fingerprint density at radius 1 is 1.32 bits per heavy atom. The van der Waals surface area contributed by atoms with E-state index in [0.717, 1.165) is 0 Å². The van der Waals surface area contributed by atoms with Crippen LogP contribution in [0.1, 0.15) is 26.3 Å². The quantitative estimate of drug-likeness (QED) is 0.783. The number of rotatable bonds is 1. The van der Waals surface area contributed by atoms with Crippen molar-refractivity contribution in [2.24, 2.45) is 0 Å². The molecule has 1 amide bonds. The van der Waals surface area contributed by atoms with Gasteiger partial charge in [-0.1, -0.05) is 18.2 Å². The van der Waals surface area contributed by atoms with Gasteiger partial charge in [0.25, 0.3) is 0 Å². The second kappa shape index (κ2) is 4.47. The first-order valence-corrected chi connectivity index (χ1v) is 6.13. The summed E-state index contributed by atoms with van der Waals surface area (Å²) in [5, 5.41) is 0. The Morgan fingerprint density at radius 3 is 2.42 bits per heavy atom. The largest absolute Gasteiger partial charge is 0.444 e. The molecule has 1 aliphatic heterocycles. The molecule has 0 unspecified atom stereocenters. The average molecular weight is 269 g/mol. The SMILES string of the molecule is CC(C)(C)OC(=O)N1CC(F)(c2ccccc2F)C1. The molecule has 0 bridgehead atoms. The predicted molar refractivity (Wildman–Crippen MR) is 67.0 cm³/mol. The Kier molecular flexibility index (Phi) is 3.24. The van der Waals surface area contributed by atoms with Crippen LogP contribution in [0.25, 0.3) is 0 Å². The lowest BCUT2D eigenvalue weighted by atomic mass is 9.88. The van der Waals surface area contributed by atoms with Gasteiger partial charge in [0.05, 0.1) is 13.1 Å². The molecule has 0 N–H and O–H groups in total. The number of ether oxygens (including phenoxy) is 1. The van der Waals surface area contributed by atoms with Gasteiger partial charge in [-0.05, 0) is 26.8 Å². The highest BCUT2D eigenvalue weighted by atomic mass is 19.1. The van der Waals surface area contributed by atoms with Crippen molar-refractivity contribution in [3.05, 3.63) is 35.6 Å². The van der Waals surface area contributed by atoms with Crippen LogP contribution in [-0.4, -0.2) is 29.7 Å². The minimum atomic E-state index is -1.82. The molecule has 0 radical (unpaired) electrons. The maximum atomic E-state index is 14.5. The van der Waals surface area contributed by atoms with E-state index in [-0.39, 0.29) is 18.7 Å². The molecule has 1 aromatic rings. The molecule has 1 fully saturated rings. The van der Waals surface area contributed by atoms with Gasteiger partial charge >= 0.3 is 6.09 Å². The lowest BCUT2D eigenvalue weighted by molar-refractivity contribution is -0.0552. The molecule has 3 nitrogen and oxygen atoms in total. The van der Waals surface area contributed by atoms with Crippen molar-refractivity contribution < 1.29 is 18.3 Å². The minimum absolute atomic E-state index is 0.00481. The number of hydrogen-bond donors (Lipinski definition) is 0. The van der Waals surface area contributed by atoms with Crippen LogP contribution >= 0.6 is 0 Å². The lowest BCUT2D eigenvalue weighted by Crippen LogP contribution is -2.59. The fourth-order valence-electron chi connectivity index (χ4n) is 2.01. The fourth-order valence-corrected chi connectivity index (χ4v) is 2.01. The first-order chi connectivity index (χ1) is 8.71. The highest BCUT2D eigenvalue weighted by Crippen LogP contribution is 2.37. The smallest absolute Gasteiger partial charge is 0.410 e. The molecule has 1 aliphatic rings. The molecule has 2 rings (SSSR count). The van der Waals surface area contributed by atoms with Crippen molar-refractivity contribution in [2.45, 2.75) is 32.0 Å². The van der Waals surface area contributed by atoms with Gasteiger partial charge in [0, 0.05) is 5.56 Å². The van der Waals surface area contributed by atoms with Gasteiger partial charge in [-0.3, -0.25) is 0 Å². The first-order valence-electron chi connectivity index (χ1n) is 6.13. The van der Waals surface area contributed by atoms with E-state index in [9.17, 15) is 13.6 Å². The third-order valence-corrected chi connectivity index (χ3v) is 2.89. The molecule has 1 saturated heterocycles. The molecular weight excluding hydrogens is 252 g/mol. The molecular formula is C14H17F2NO2. The second-order valence-electron chi connectivity index (χ2n) is 5.78. The van der Waals surface area contributed by atoms with Crippen LogP contribution in [0.4, 0.5) is 13.6 Å². The zero-order chi connectivity index (χ0) is 14.3. The first kappa shape index (κ1) is 13.8. The van der Waals surface area contributed by atoms with Gasteiger partial charge in [0.1, 0.15) is 11.4 Å². The summed E-state index contributed by atoms with van der Waals surface area (Å²) in [6.07, 6.45) is -0.572. The van der Waals surface area contributed by atoms with Crippen molar-refractivity contribution in [3.63, 3.8) is 0 Å². The number of nitrogens with zero attached hydrogens (tertiary/aromatic N) is 1. The zero-order valence-electron chi connectivity index (χ0n) is 11.2. The van der Waals surface area contributed by atoms with Crippen molar-refractivity contribution in [1.82, 2.24) is 4.90 Å². The lowest BCUT2D eigenvalue weighted by Gasteiger charge is -2.44. The molecule has 0 atom stereocenters. The van der Waals surface area contributed by atoms with Crippen LogP contribution in [0.2, 0.25) is 0 Å². The molecule has 0 aromatic heterocycles. The summed E-state index contributed by atoms with van der Waals surface area (Å²) in [6, 6.07) is 5.71. The molecule has 0 aliphatic carbocycles. The van der Waals surface area contributed by atoms with Crippen LogP contribution in [0, 0.1) is 5.82 Å². The van der Waals surface area contributed by atoms with E-state index in [1.54, 1.807) is 26.8 Å². The van der Waals surface area contributed by atoms with E-state index in [0.29, 0.717) is 0 Å². The Bertz CT molecular complexity index is 490. The molecule has 1 aromatic carbocycles. The number of amides is 1. The van der Waals surface area contributed by atoms with E-state index in [1.807, 2.05) is 0 Å². The number of alkyl halides is 1. The fraction of sp³-hybridized carbons (Fsp3) is 0.500. The summed E-state index contributed by atoms with van der Waals surface area (Å²) in [5.74, 6) is -0.589. The minimum Gasteiger partial charge on any atom is -0.444 e. The summed E-state index contributed by atoms with van der Waals surface area (Å²) in [7, 11) is 0. The molecule has 1 heterocycles. The van der Waals surface area contributed by atoms with Crippen LogP contribution < -0.4 is 0 Å². The summed E-state index contributed by atoms with van der Waals surface area (Å²) < 4.78 is 33.1. The van der Waals surface area contributed by atoms with Gasteiger partial charge in [0.15, 0.2) is 5.67 Å².